The first-order valence-electron chi connectivity index (χ1n) is 10.7. The van der Waals surface area contributed by atoms with Crippen molar-refractivity contribution < 1.29 is 9.47 Å². The van der Waals surface area contributed by atoms with Gasteiger partial charge in [-0.05, 0) is 65.1 Å². The van der Waals surface area contributed by atoms with Gasteiger partial charge < -0.3 is 9.47 Å². The van der Waals surface area contributed by atoms with Gasteiger partial charge >= 0.3 is 0 Å². The Kier molecular flexibility index (Phi) is 6.34. The van der Waals surface area contributed by atoms with Gasteiger partial charge in [0.15, 0.2) is 0 Å². The van der Waals surface area contributed by atoms with E-state index in [0.717, 1.165) is 24.3 Å². The lowest BCUT2D eigenvalue weighted by Crippen LogP contribution is -2.10. The summed E-state index contributed by atoms with van der Waals surface area (Å²) in [6.45, 7) is 5.35. The molecule has 0 N–H and O–H groups in total. The summed E-state index contributed by atoms with van der Waals surface area (Å²) in [6, 6.07) is 29.7. The minimum absolute atomic E-state index is 0.517. The van der Waals surface area contributed by atoms with Crippen LogP contribution in [0.1, 0.15) is 24.5 Å². The second kappa shape index (κ2) is 9.49. The maximum atomic E-state index is 6.08. The quantitative estimate of drug-likeness (QED) is 0.293. The molecule has 0 spiro atoms. The number of aryl methyl sites for hydroxylation is 2. The third kappa shape index (κ3) is 4.83. The van der Waals surface area contributed by atoms with Crippen LogP contribution >= 0.6 is 0 Å². The van der Waals surface area contributed by atoms with Crippen molar-refractivity contribution >= 4 is 10.8 Å². The van der Waals surface area contributed by atoms with E-state index in [4.69, 9.17) is 9.47 Å². The zero-order chi connectivity index (χ0) is 20.8. The standard InChI is InChI=1S/C28H28O2/c1-3-6-26-19-25(23-11-9-21(2)10-12-23)14-16-28(26)30-18-17-29-27-15-13-22-7-4-5-8-24(22)20-27/h4-5,7-16,19-20H,3,6,17-18H2,1-2H3. The Morgan fingerprint density at radius 2 is 1.40 bits per heavy atom. The molecule has 0 radical (unpaired) electrons. The molecule has 30 heavy (non-hydrogen) atoms. The lowest BCUT2D eigenvalue weighted by atomic mass is 9.99. The lowest BCUT2D eigenvalue weighted by molar-refractivity contribution is 0.216. The smallest absolute Gasteiger partial charge is 0.122 e. The minimum Gasteiger partial charge on any atom is -0.490 e. The average Bonchev–Trinajstić information content (AvgIpc) is 2.78. The molecule has 0 aliphatic heterocycles. The molecule has 0 saturated carbocycles. The number of fused-ring (bicyclic) bond motifs is 1. The van der Waals surface area contributed by atoms with Gasteiger partial charge in [0, 0.05) is 0 Å². The van der Waals surface area contributed by atoms with Gasteiger partial charge in [0.1, 0.15) is 24.7 Å². The molecule has 2 heteroatoms. The highest BCUT2D eigenvalue weighted by molar-refractivity contribution is 5.83. The van der Waals surface area contributed by atoms with Crippen LogP contribution in [0.5, 0.6) is 11.5 Å². The van der Waals surface area contributed by atoms with Crippen molar-refractivity contribution in [3.63, 3.8) is 0 Å². The number of hydrogen-bond donors (Lipinski definition) is 0. The highest BCUT2D eigenvalue weighted by atomic mass is 16.5. The van der Waals surface area contributed by atoms with Gasteiger partial charge in [0.25, 0.3) is 0 Å². The molecular formula is C28H28O2. The maximum Gasteiger partial charge on any atom is 0.122 e. The van der Waals surface area contributed by atoms with Crippen molar-refractivity contribution in [1.29, 1.82) is 0 Å². The first kappa shape index (κ1) is 20.0. The molecule has 0 amide bonds. The summed E-state index contributed by atoms with van der Waals surface area (Å²) >= 11 is 0. The Morgan fingerprint density at radius 3 is 2.20 bits per heavy atom. The predicted molar refractivity (Wildman–Crippen MR) is 126 cm³/mol. The summed E-state index contributed by atoms with van der Waals surface area (Å²) in [5.41, 5.74) is 5.00. The van der Waals surface area contributed by atoms with E-state index in [-0.39, 0.29) is 0 Å². The minimum atomic E-state index is 0.517. The number of ether oxygens (including phenoxy) is 2. The molecule has 152 valence electrons. The zero-order valence-corrected chi connectivity index (χ0v) is 17.7. The molecule has 0 atom stereocenters. The van der Waals surface area contributed by atoms with Gasteiger partial charge in [-0.25, -0.2) is 0 Å². The molecule has 4 aromatic rings. The van der Waals surface area contributed by atoms with E-state index < -0.39 is 0 Å². The monoisotopic (exact) mass is 396 g/mol. The topological polar surface area (TPSA) is 18.5 Å². The van der Waals surface area contributed by atoms with E-state index in [1.54, 1.807) is 0 Å². The fourth-order valence-corrected chi connectivity index (χ4v) is 3.68. The molecule has 0 saturated heterocycles. The van der Waals surface area contributed by atoms with Crippen LogP contribution in [-0.4, -0.2) is 13.2 Å². The van der Waals surface area contributed by atoms with E-state index in [0.29, 0.717) is 13.2 Å². The molecular weight excluding hydrogens is 368 g/mol. The predicted octanol–water partition coefficient (Wildman–Crippen LogP) is 7.23. The van der Waals surface area contributed by atoms with Gasteiger partial charge in [-0.3, -0.25) is 0 Å². The molecule has 4 rings (SSSR count). The van der Waals surface area contributed by atoms with Crippen molar-refractivity contribution in [3.05, 3.63) is 96.1 Å². The van der Waals surface area contributed by atoms with Crippen LogP contribution in [0.2, 0.25) is 0 Å². The van der Waals surface area contributed by atoms with E-state index in [1.807, 2.05) is 12.1 Å². The molecule has 0 aliphatic carbocycles. The Morgan fingerprint density at radius 1 is 0.667 bits per heavy atom. The summed E-state index contributed by atoms with van der Waals surface area (Å²) in [5.74, 6) is 1.83. The summed E-state index contributed by atoms with van der Waals surface area (Å²) in [4.78, 5) is 0. The third-order valence-electron chi connectivity index (χ3n) is 5.30. The van der Waals surface area contributed by atoms with Gasteiger partial charge in [0.2, 0.25) is 0 Å². The third-order valence-corrected chi connectivity index (χ3v) is 5.30. The van der Waals surface area contributed by atoms with Gasteiger partial charge in [-0.1, -0.05) is 79.6 Å². The summed E-state index contributed by atoms with van der Waals surface area (Å²) in [7, 11) is 0. The zero-order valence-electron chi connectivity index (χ0n) is 17.7. The molecule has 0 bridgehead atoms. The molecule has 0 fully saturated rings. The van der Waals surface area contributed by atoms with Crippen LogP contribution in [-0.2, 0) is 6.42 Å². The van der Waals surface area contributed by atoms with Crippen molar-refractivity contribution in [3.8, 4) is 22.6 Å². The highest BCUT2D eigenvalue weighted by Crippen LogP contribution is 2.28. The van der Waals surface area contributed by atoms with E-state index in [1.165, 1.54) is 33.0 Å². The van der Waals surface area contributed by atoms with Crippen molar-refractivity contribution in [2.24, 2.45) is 0 Å². The summed E-state index contributed by atoms with van der Waals surface area (Å²) < 4.78 is 12.0. The molecule has 2 nitrogen and oxygen atoms in total. The number of rotatable bonds is 8. The van der Waals surface area contributed by atoms with Crippen LogP contribution in [0.4, 0.5) is 0 Å². The maximum absolute atomic E-state index is 6.08. The van der Waals surface area contributed by atoms with E-state index in [2.05, 4.69) is 86.6 Å². The first-order chi connectivity index (χ1) is 14.7. The van der Waals surface area contributed by atoms with Gasteiger partial charge in [-0.2, -0.15) is 0 Å². The summed E-state index contributed by atoms with van der Waals surface area (Å²) in [5, 5.41) is 2.41. The normalized spacial score (nSPS) is 10.9. The number of benzene rings is 4. The fraction of sp³-hybridized carbons (Fsp3) is 0.214. The molecule has 0 aliphatic rings. The Balaban J connectivity index is 1.39. The van der Waals surface area contributed by atoms with Crippen LogP contribution in [0, 0.1) is 6.92 Å². The molecule has 0 aromatic heterocycles. The highest BCUT2D eigenvalue weighted by Gasteiger charge is 2.07. The van der Waals surface area contributed by atoms with Crippen LogP contribution in [0.25, 0.3) is 21.9 Å². The number of hydrogen-bond acceptors (Lipinski definition) is 2. The van der Waals surface area contributed by atoms with Crippen LogP contribution in [0.3, 0.4) is 0 Å². The summed E-state index contributed by atoms with van der Waals surface area (Å²) in [6.07, 6.45) is 2.09. The largest absolute Gasteiger partial charge is 0.490 e. The Hall–Kier alpha value is -3.26. The molecule has 0 heterocycles. The van der Waals surface area contributed by atoms with Crippen LogP contribution in [0.15, 0.2) is 84.9 Å². The van der Waals surface area contributed by atoms with Crippen molar-refractivity contribution in [1.82, 2.24) is 0 Å². The fourth-order valence-electron chi connectivity index (χ4n) is 3.68. The Labute approximate surface area is 179 Å². The first-order valence-corrected chi connectivity index (χ1v) is 10.7. The lowest BCUT2D eigenvalue weighted by Gasteiger charge is -2.14. The van der Waals surface area contributed by atoms with Gasteiger partial charge in [0.05, 0.1) is 0 Å². The van der Waals surface area contributed by atoms with Crippen molar-refractivity contribution in [2.45, 2.75) is 26.7 Å². The van der Waals surface area contributed by atoms with Crippen LogP contribution < -0.4 is 9.47 Å². The van der Waals surface area contributed by atoms with E-state index in [9.17, 15) is 0 Å². The van der Waals surface area contributed by atoms with Crippen molar-refractivity contribution in [2.75, 3.05) is 13.2 Å². The second-order valence-corrected chi connectivity index (χ2v) is 7.64. The van der Waals surface area contributed by atoms with Gasteiger partial charge in [-0.15, -0.1) is 0 Å². The second-order valence-electron chi connectivity index (χ2n) is 7.64. The van der Waals surface area contributed by atoms with E-state index >= 15 is 0 Å². The SMILES string of the molecule is CCCc1cc(-c2ccc(C)cc2)ccc1OCCOc1ccc2ccccc2c1. The Bertz CT molecular complexity index is 1110. The molecule has 4 aromatic carbocycles. The average molecular weight is 397 g/mol. The molecule has 0 unspecified atom stereocenters.